The van der Waals surface area contributed by atoms with Crippen LogP contribution in [-0.2, 0) is 42.0 Å². The van der Waals surface area contributed by atoms with Crippen molar-refractivity contribution in [2.45, 2.75) is 143 Å². The second kappa shape index (κ2) is 22.7. The van der Waals surface area contributed by atoms with E-state index in [1.54, 1.807) is 6.92 Å². The summed E-state index contributed by atoms with van der Waals surface area (Å²) in [7, 11) is -3.13. The molecule has 2 rings (SSSR count). The van der Waals surface area contributed by atoms with E-state index in [-0.39, 0.29) is 22.8 Å². The van der Waals surface area contributed by atoms with Gasteiger partial charge in [-0.1, -0.05) is 92.4 Å². The molecule has 0 saturated carbocycles. The number of rotatable bonds is 20. The zero-order valence-corrected chi connectivity index (χ0v) is 34.4. The van der Waals surface area contributed by atoms with E-state index in [4.69, 9.17) is 18.3 Å². The van der Waals surface area contributed by atoms with E-state index in [0.29, 0.717) is 16.7 Å². The van der Waals surface area contributed by atoms with E-state index in [0.717, 1.165) is 63.4 Å². The topological polar surface area (TPSA) is 60.0 Å². The summed E-state index contributed by atoms with van der Waals surface area (Å²) in [4.78, 5) is 0. The van der Waals surface area contributed by atoms with Crippen molar-refractivity contribution in [2.24, 2.45) is 0 Å². The summed E-state index contributed by atoms with van der Waals surface area (Å²) >= 11 is 0. The average molecular weight is 717 g/mol. The molecule has 8 heteroatoms. The SMILES string of the molecule is CC(C)(C)[Si](C)(C)OCCCCCCOCc1ccc[cH-]1.CC([O-])=C1C=CC=C1COCCCCCCO[Si](C)(C)C(C)(C)C.[Fe+2]. The van der Waals surface area contributed by atoms with Gasteiger partial charge in [0, 0.05) is 33.0 Å². The summed E-state index contributed by atoms with van der Waals surface area (Å²) in [6, 6.07) is 8.33. The molecule has 1 aromatic carbocycles. The Labute approximate surface area is 296 Å². The maximum absolute atomic E-state index is 11.4. The molecule has 1 aromatic rings. The van der Waals surface area contributed by atoms with Gasteiger partial charge in [-0.2, -0.15) is 12.1 Å². The van der Waals surface area contributed by atoms with Gasteiger partial charge in [0.2, 0.25) is 0 Å². The van der Waals surface area contributed by atoms with Crippen LogP contribution in [0.1, 0.15) is 105 Å². The number of hydrogen-bond donors (Lipinski definition) is 0. The molecule has 0 aliphatic heterocycles. The van der Waals surface area contributed by atoms with Crippen molar-refractivity contribution in [1.82, 2.24) is 0 Å². The maximum Gasteiger partial charge on any atom is 2.00 e. The predicted molar refractivity (Wildman–Crippen MR) is 196 cm³/mol. The van der Waals surface area contributed by atoms with E-state index in [9.17, 15) is 5.11 Å². The van der Waals surface area contributed by atoms with Crippen molar-refractivity contribution in [3.8, 4) is 0 Å². The van der Waals surface area contributed by atoms with Crippen LogP contribution in [0.3, 0.4) is 0 Å². The smallest absolute Gasteiger partial charge is 0.875 e. The minimum absolute atomic E-state index is 0. The molecule has 0 saturated heterocycles. The van der Waals surface area contributed by atoms with Gasteiger partial charge in [0.25, 0.3) is 0 Å². The number of allylic oxidation sites excluding steroid dienone is 4. The number of ether oxygens (including phenoxy) is 2. The third kappa shape index (κ3) is 18.6. The van der Waals surface area contributed by atoms with Gasteiger partial charge in [-0.25, -0.2) is 12.1 Å². The molecule has 266 valence electrons. The zero-order chi connectivity index (χ0) is 34.0. The standard InChI is InChI=1S/C20H36O3Si.C18H33O2Si.Fe/c1-17(21)19-13-11-12-18(19)16-22-14-9-7-8-10-15-23-24(5,6)20(2,3)4;1-18(2,3)21(4,5)20-15-11-7-6-10-14-19-16-17-12-8-9-13-17;/h11-13,21H,7-10,14-16H2,1-6H3;8-9,12-13H,6-7,10-11,14-16H2,1-5H3;/q;-1;+2/p-1. The molecule has 0 fully saturated rings. The quantitative estimate of drug-likeness (QED) is 0.0582. The van der Waals surface area contributed by atoms with E-state index < -0.39 is 16.6 Å². The Morgan fingerprint density at radius 1 is 0.717 bits per heavy atom. The van der Waals surface area contributed by atoms with E-state index in [1.165, 1.54) is 37.7 Å². The first-order valence-corrected chi connectivity index (χ1v) is 23.2. The van der Waals surface area contributed by atoms with Crippen LogP contribution < -0.4 is 5.11 Å². The molecule has 0 N–H and O–H groups in total. The van der Waals surface area contributed by atoms with Crippen molar-refractivity contribution in [2.75, 3.05) is 33.0 Å². The monoisotopic (exact) mass is 716 g/mol. The van der Waals surface area contributed by atoms with E-state index in [1.807, 2.05) is 18.2 Å². The van der Waals surface area contributed by atoms with Crippen LogP contribution >= 0.6 is 0 Å². The molecule has 1 aliphatic rings. The third-order valence-electron chi connectivity index (χ3n) is 9.45. The molecular weight excluding hydrogens is 648 g/mol. The Morgan fingerprint density at radius 2 is 1.17 bits per heavy atom. The van der Waals surface area contributed by atoms with Crippen LogP contribution in [0.25, 0.3) is 0 Å². The van der Waals surface area contributed by atoms with Gasteiger partial charge < -0.3 is 23.4 Å². The number of hydrogen-bond acceptors (Lipinski definition) is 5. The van der Waals surface area contributed by atoms with Crippen LogP contribution in [0.5, 0.6) is 0 Å². The molecule has 1 aliphatic carbocycles. The van der Waals surface area contributed by atoms with Gasteiger partial charge in [0.1, 0.15) is 0 Å². The summed E-state index contributed by atoms with van der Waals surface area (Å²) in [5.74, 6) is 0.111. The van der Waals surface area contributed by atoms with Crippen LogP contribution in [0.15, 0.2) is 59.4 Å². The van der Waals surface area contributed by atoms with Gasteiger partial charge >= 0.3 is 17.1 Å². The normalized spacial score (nSPS) is 14.9. The first-order chi connectivity index (χ1) is 21.0. The predicted octanol–water partition coefficient (Wildman–Crippen LogP) is 10.2. The Balaban J connectivity index is 0.000000869. The molecule has 0 atom stereocenters. The van der Waals surface area contributed by atoms with Gasteiger partial charge in [0.05, 0.1) is 6.61 Å². The van der Waals surface area contributed by atoms with E-state index >= 15 is 0 Å². The van der Waals surface area contributed by atoms with Gasteiger partial charge in [-0.3, -0.25) is 0 Å². The summed E-state index contributed by atoms with van der Waals surface area (Å²) in [5.41, 5.74) is 3.07. The van der Waals surface area contributed by atoms with Crippen LogP contribution in [0, 0.1) is 0 Å². The zero-order valence-electron chi connectivity index (χ0n) is 31.3. The number of unbranched alkanes of at least 4 members (excludes halogenated alkanes) is 6. The summed E-state index contributed by atoms with van der Waals surface area (Å²) in [5, 5.41) is 12.0. The molecule has 0 heterocycles. The second-order valence-electron chi connectivity index (χ2n) is 15.5. The molecule has 0 radical (unpaired) electrons. The van der Waals surface area contributed by atoms with Gasteiger partial charge in [-0.05, 0) is 73.1 Å². The Kier molecular flexibility index (Phi) is 22.3. The molecule has 0 amide bonds. The maximum atomic E-state index is 11.4. The van der Waals surface area contributed by atoms with Crippen LogP contribution in [0.4, 0.5) is 0 Å². The minimum atomic E-state index is -1.58. The first kappa shape index (κ1) is 45.2. The Hall–Kier alpha value is -0.837. The molecule has 0 unspecified atom stereocenters. The van der Waals surface area contributed by atoms with Crippen molar-refractivity contribution in [3.05, 3.63) is 65.0 Å². The van der Waals surface area contributed by atoms with Crippen molar-refractivity contribution in [3.63, 3.8) is 0 Å². The van der Waals surface area contributed by atoms with Gasteiger partial charge in [-0.15, -0.1) is 11.3 Å². The molecule has 0 aromatic heterocycles. The average Bonchev–Trinajstić information content (AvgIpc) is 3.63. The molecule has 46 heavy (non-hydrogen) atoms. The van der Waals surface area contributed by atoms with Crippen LogP contribution in [0.2, 0.25) is 36.3 Å². The first-order valence-electron chi connectivity index (χ1n) is 17.4. The Morgan fingerprint density at radius 3 is 1.59 bits per heavy atom. The minimum Gasteiger partial charge on any atom is -0.875 e. The summed E-state index contributed by atoms with van der Waals surface area (Å²) in [6.07, 6.45) is 15.1. The largest absolute Gasteiger partial charge is 2.00 e. The van der Waals surface area contributed by atoms with Crippen molar-refractivity contribution in [1.29, 1.82) is 0 Å². The summed E-state index contributed by atoms with van der Waals surface area (Å²) in [6.45, 7) is 29.3. The Bertz CT molecular complexity index is 1010. The van der Waals surface area contributed by atoms with E-state index in [2.05, 4.69) is 92.0 Å². The van der Waals surface area contributed by atoms with Crippen molar-refractivity contribution < 1.29 is 40.5 Å². The molecule has 5 nitrogen and oxygen atoms in total. The fourth-order valence-electron chi connectivity index (χ4n) is 4.22. The van der Waals surface area contributed by atoms with Crippen LogP contribution in [-0.4, -0.2) is 49.7 Å². The molecule has 0 bridgehead atoms. The fraction of sp³-hybridized carbons (Fsp3) is 0.711. The van der Waals surface area contributed by atoms with Gasteiger partial charge in [0.15, 0.2) is 16.6 Å². The second-order valence-corrected chi connectivity index (χ2v) is 25.1. The van der Waals surface area contributed by atoms with Crippen molar-refractivity contribution >= 4 is 16.6 Å². The third-order valence-corrected chi connectivity index (χ3v) is 18.5. The molecule has 0 spiro atoms. The molecular formula is C38H68FeO5Si2. The fourth-order valence-corrected chi connectivity index (χ4v) is 6.39. The summed E-state index contributed by atoms with van der Waals surface area (Å²) < 4.78 is 23.7.